The summed E-state index contributed by atoms with van der Waals surface area (Å²) >= 11 is 3.69. The molecule has 4 nitrogen and oxygen atoms in total. The van der Waals surface area contributed by atoms with Crippen molar-refractivity contribution in [1.82, 2.24) is 9.88 Å². The number of hydrogen-bond acceptors (Lipinski definition) is 6. The number of fused-ring (bicyclic) bond motifs is 2. The average Bonchev–Trinajstić information content (AvgIpc) is 2.67. The molecule has 4 rings (SSSR count). The van der Waals surface area contributed by atoms with Gasteiger partial charge in [0.15, 0.2) is 5.78 Å². The van der Waals surface area contributed by atoms with E-state index in [1.807, 2.05) is 49.3 Å². The van der Waals surface area contributed by atoms with Gasteiger partial charge in [0.05, 0.1) is 10.6 Å². The fraction of sp³-hybridized carbons (Fsp3) is 0.368. The maximum Gasteiger partial charge on any atom is 0.164 e. The van der Waals surface area contributed by atoms with Crippen LogP contribution in [-0.4, -0.2) is 53.9 Å². The molecule has 1 aromatic carbocycles. The number of carbonyl (C=O) groups excluding carboxylic acids is 1. The highest BCUT2D eigenvalue weighted by molar-refractivity contribution is 7.99. The predicted octanol–water partition coefficient (Wildman–Crippen LogP) is 3.94. The highest BCUT2D eigenvalue weighted by Gasteiger charge is 2.23. The molecule has 130 valence electrons. The number of hydrogen-bond donors (Lipinski definition) is 0. The summed E-state index contributed by atoms with van der Waals surface area (Å²) in [4.78, 5) is 23.9. The third kappa shape index (κ3) is 3.57. The SMILES string of the molecule is CN1c2ccc(C(=O)CCN3CCSCC3)cc2Sc2cccnc21. The van der Waals surface area contributed by atoms with Crippen molar-refractivity contribution >= 4 is 40.8 Å². The summed E-state index contributed by atoms with van der Waals surface area (Å²) in [5.41, 5.74) is 1.93. The van der Waals surface area contributed by atoms with Crippen LogP contribution < -0.4 is 4.90 Å². The second-order valence-corrected chi connectivity index (χ2v) is 8.60. The summed E-state index contributed by atoms with van der Waals surface area (Å²) in [5, 5.41) is 0. The normalized spacial score (nSPS) is 17.1. The summed E-state index contributed by atoms with van der Waals surface area (Å²) in [7, 11) is 2.03. The van der Waals surface area contributed by atoms with Crippen LogP contribution in [0.1, 0.15) is 16.8 Å². The molecular formula is C19H21N3OS2. The van der Waals surface area contributed by atoms with Crippen molar-refractivity contribution in [3.8, 4) is 0 Å². The van der Waals surface area contributed by atoms with E-state index >= 15 is 0 Å². The maximum atomic E-state index is 12.6. The Labute approximate surface area is 157 Å². The van der Waals surface area contributed by atoms with Crippen LogP contribution in [0.15, 0.2) is 46.3 Å². The molecule has 0 bridgehead atoms. The zero-order chi connectivity index (χ0) is 17.2. The Bertz CT molecular complexity index is 790. The lowest BCUT2D eigenvalue weighted by atomic mass is 10.1. The fourth-order valence-corrected chi connectivity index (χ4v) is 5.36. The lowest BCUT2D eigenvalue weighted by Crippen LogP contribution is -2.34. The van der Waals surface area contributed by atoms with Crippen molar-refractivity contribution in [2.24, 2.45) is 0 Å². The van der Waals surface area contributed by atoms with Crippen LogP contribution in [-0.2, 0) is 0 Å². The topological polar surface area (TPSA) is 36.4 Å². The van der Waals surface area contributed by atoms with Gasteiger partial charge in [0.1, 0.15) is 5.82 Å². The molecule has 2 aliphatic rings. The number of benzene rings is 1. The minimum Gasteiger partial charge on any atom is -0.328 e. The van der Waals surface area contributed by atoms with Crippen LogP contribution in [0, 0.1) is 0 Å². The standard InChI is InChI=1S/C19H21N3OS2/c1-21-15-5-4-14(16(23)6-8-22-9-11-24-12-10-22)13-18(15)25-17-3-2-7-20-19(17)21/h2-5,7,13H,6,8-12H2,1H3. The van der Waals surface area contributed by atoms with E-state index in [-0.39, 0.29) is 5.78 Å². The monoisotopic (exact) mass is 371 g/mol. The first-order valence-corrected chi connectivity index (χ1v) is 10.5. The molecule has 1 saturated heterocycles. The molecule has 0 aliphatic carbocycles. The summed E-state index contributed by atoms with van der Waals surface area (Å²) < 4.78 is 0. The largest absolute Gasteiger partial charge is 0.328 e. The van der Waals surface area contributed by atoms with Gasteiger partial charge >= 0.3 is 0 Å². The molecule has 25 heavy (non-hydrogen) atoms. The van der Waals surface area contributed by atoms with Crippen molar-refractivity contribution in [1.29, 1.82) is 0 Å². The molecule has 0 spiro atoms. The predicted molar refractivity (Wildman–Crippen MR) is 106 cm³/mol. The van der Waals surface area contributed by atoms with Gasteiger partial charge in [-0.15, -0.1) is 0 Å². The summed E-state index contributed by atoms with van der Waals surface area (Å²) in [6, 6.07) is 10.1. The molecule has 1 aromatic heterocycles. The van der Waals surface area contributed by atoms with Crippen LogP contribution in [0.5, 0.6) is 0 Å². The van der Waals surface area contributed by atoms with Gasteiger partial charge in [-0.05, 0) is 30.3 Å². The van der Waals surface area contributed by atoms with E-state index in [9.17, 15) is 4.79 Å². The number of anilines is 2. The maximum absolute atomic E-state index is 12.6. The van der Waals surface area contributed by atoms with Crippen LogP contribution in [0.25, 0.3) is 0 Å². The van der Waals surface area contributed by atoms with E-state index in [1.165, 1.54) is 11.5 Å². The number of rotatable bonds is 4. The number of pyridine rings is 1. The fourth-order valence-electron chi connectivity index (χ4n) is 3.22. The summed E-state index contributed by atoms with van der Waals surface area (Å²) in [6.07, 6.45) is 2.42. The Morgan fingerprint density at radius 3 is 2.88 bits per heavy atom. The third-order valence-electron chi connectivity index (χ3n) is 4.69. The Balaban J connectivity index is 1.49. The Hall–Kier alpha value is -1.50. The molecular weight excluding hydrogens is 350 g/mol. The zero-order valence-electron chi connectivity index (χ0n) is 14.3. The highest BCUT2D eigenvalue weighted by Crippen LogP contribution is 2.46. The Morgan fingerprint density at radius 1 is 1.20 bits per heavy atom. The van der Waals surface area contributed by atoms with Gasteiger partial charge in [-0.2, -0.15) is 11.8 Å². The number of carbonyl (C=O) groups is 1. The molecule has 2 aliphatic heterocycles. The van der Waals surface area contributed by atoms with Crippen molar-refractivity contribution < 1.29 is 4.79 Å². The van der Waals surface area contributed by atoms with Gasteiger partial charge < -0.3 is 9.80 Å². The van der Waals surface area contributed by atoms with E-state index < -0.39 is 0 Å². The molecule has 0 amide bonds. The molecule has 6 heteroatoms. The molecule has 3 heterocycles. The minimum absolute atomic E-state index is 0.237. The van der Waals surface area contributed by atoms with E-state index in [0.717, 1.165) is 46.5 Å². The van der Waals surface area contributed by atoms with Crippen molar-refractivity contribution in [2.75, 3.05) is 43.1 Å². The zero-order valence-corrected chi connectivity index (χ0v) is 15.9. The van der Waals surface area contributed by atoms with Crippen LogP contribution in [0.2, 0.25) is 0 Å². The van der Waals surface area contributed by atoms with Crippen molar-refractivity contribution in [2.45, 2.75) is 16.2 Å². The third-order valence-corrected chi connectivity index (χ3v) is 6.72. The smallest absolute Gasteiger partial charge is 0.164 e. The van der Waals surface area contributed by atoms with Gasteiger partial charge in [0.2, 0.25) is 0 Å². The van der Waals surface area contributed by atoms with Crippen LogP contribution >= 0.6 is 23.5 Å². The first kappa shape index (κ1) is 16.9. The minimum atomic E-state index is 0.237. The molecule has 0 radical (unpaired) electrons. The van der Waals surface area contributed by atoms with E-state index in [1.54, 1.807) is 11.8 Å². The number of nitrogens with zero attached hydrogens (tertiary/aromatic N) is 3. The number of thioether (sulfide) groups is 1. The lowest BCUT2D eigenvalue weighted by molar-refractivity contribution is 0.0966. The number of ketones is 1. The second kappa shape index (κ2) is 7.40. The van der Waals surface area contributed by atoms with Crippen molar-refractivity contribution in [3.63, 3.8) is 0 Å². The molecule has 0 unspecified atom stereocenters. The second-order valence-electron chi connectivity index (χ2n) is 6.30. The van der Waals surface area contributed by atoms with Gasteiger partial charge in [0, 0.05) is 61.3 Å². The first-order chi connectivity index (χ1) is 12.2. The van der Waals surface area contributed by atoms with Crippen molar-refractivity contribution in [3.05, 3.63) is 42.1 Å². The molecule has 1 fully saturated rings. The molecule has 0 saturated carbocycles. The quantitative estimate of drug-likeness (QED) is 0.758. The number of aromatic nitrogens is 1. The van der Waals surface area contributed by atoms with Gasteiger partial charge in [-0.3, -0.25) is 4.79 Å². The van der Waals surface area contributed by atoms with Crippen LogP contribution in [0.4, 0.5) is 11.5 Å². The first-order valence-electron chi connectivity index (χ1n) is 8.56. The lowest BCUT2D eigenvalue weighted by Gasteiger charge is -2.28. The number of Topliss-reactive ketones (excluding diaryl/α,β-unsaturated/α-hetero) is 1. The summed E-state index contributed by atoms with van der Waals surface area (Å²) in [5.74, 6) is 3.58. The van der Waals surface area contributed by atoms with Gasteiger partial charge in [-0.25, -0.2) is 4.98 Å². The molecule has 0 atom stereocenters. The van der Waals surface area contributed by atoms with Gasteiger partial charge in [0.25, 0.3) is 0 Å². The van der Waals surface area contributed by atoms with Crippen LogP contribution in [0.3, 0.4) is 0 Å². The summed E-state index contributed by atoms with van der Waals surface area (Å²) in [6.45, 7) is 3.08. The Morgan fingerprint density at radius 2 is 2.04 bits per heavy atom. The van der Waals surface area contributed by atoms with E-state index in [0.29, 0.717) is 6.42 Å². The average molecular weight is 372 g/mol. The van der Waals surface area contributed by atoms with E-state index in [2.05, 4.69) is 20.9 Å². The van der Waals surface area contributed by atoms with E-state index in [4.69, 9.17) is 0 Å². The Kier molecular flexibility index (Phi) is 5.01. The highest BCUT2D eigenvalue weighted by atomic mass is 32.2. The van der Waals surface area contributed by atoms with Gasteiger partial charge in [-0.1, -0.05) is 11.8 Å². The molecule has 2 aromatic rings. The molecule has 0 N–H and O–H groups in total.